The summed E-state index contributed by atoms with van der Waals surface area (Å²) in [5.74, 6) is -0.226. The van der Waals surface area contributed by atoms with Gasteiger partial charge in [-0.15, -0.1) is 20.4 Å². The van der Waals surface area contributed by atoms with Gasteiger partial charge in [0, 0.05) is 5.69 Å². The average molecular weight is 508 g/mol. The Morgan fingerprint density at radius 3 is 2.24 bits per heavy atom. The standard InChI is InChI=1S/C14H11Cl2N7O2S4/c15-7-2-1-6(3-8(7)16)18-9(24)4-27-14-23-21-12(29-14)19-10(25)5-26-13-22-20-11(17)28-13/h1-3H,4-5H2,(H2,17,20)(H,18,24)(H,19,21,25). The van der Waals surface area contributed by atoms with Gasteiger partial charge < -0.3 is 11.1 Å². The molecule has 2 amide bonds. The predicted molar refractivity (Wildman–Crippen MR) is 119 cm³/mol. The van der Waals surface area contributed by atoms with Gasteiger partial charge in [-0.25, -0.2) is 0 Å². The summed E-state index contributed by atoms with van der Waals surface area (Å²) in [7, 11) is 0. The molecule has 0 radical (unpaired) electrons. The Balaban J connectivity index is 1.42. The van der Waals surface area contributed by atoms with Crippen LogP contribution in [0.3, 0.4) is 0 Å². The number of hydrogen-bond acceptors (Lipinski definition) is 11. The van der Waals surface area contributed by atoms with Crippen LogP contribution in [0.5, 0.6) is 0 Å². The number of amides is 2. The van der Waals surface area contributed by atoms with Crippen LogP contribution in [0.15, 0.2) is 26.9 Å². The summed E-state index contributed by atoms with van der Waals surface area (Å²) >= 11 is 16.6. The van der Waals surface area contributed by atoms with Crippen LogP contribution in [0.4, 0.5) is 16.0 Å². The lowest BCUT2D eigenvalue weighted by molar-refractivity contribution is -0.114. The third-order valence-corrected chi connectivity index (χ3v) is 7.53. The van der Waals surface area contributed by atoms with E-state index in [0.717, 1.165) is 0 Å². The fourth-order valence-electron chi connectivity index (χ4n) is 1.78. The van der Waals surface area contributed by atoms with Crippen molar-refractivity contribution >= 4 is 97.2 Å². The molecule has 0 aliphatic rings. The molecule has 2 aromatic heterocycles. The van der Waals surface area contributed by atoms with Crippen molar-refractivity contribution in [1.29, 1.82) is 0 Å². The number of carbonyl (C=O) groups excluding carboxylic acids is 2. The topological polar surface area (TPSA) is 136 Å². The fourth-order valence-corrected chi connectivity index (χ4v) is 5.08. The second-order valence-corrected chi connectivity index (χ2v) is 10.3. The Morgan fingerprint density at radius 1 is 0.931 bits per heavy atom. The minimum Gasteiger partial charge on any atom is -0.374 e. The van der Waals surface area contributed by atoms with E-state index in [9.17, 15) is 9.59 Å². The average Bonchev–Trinajstić information content (AvgIpc) is 3.30. The van der Waals surface area contributed by atoms with Crippen LogP contribution in [-0.2, 0) is 9.59 Å². The highest BCUT2D eigenvalue weighted by molar-refractivity contribution is 8.02. The smallest absolute Gasteiger partial charge is 0.236 e. The highest BCUT2D eigenvalue weighted by atomic mass is 35.5. The molecular weight excluding hydrogens is 497 g/mol. The molecule has 1 aromatic carbocycles. The molecule has 4 N–H and O–H groups in total. The zero-order valence-corrected chi connectivity index (χ0v) is 19.0. The molecule has 0 atom stereocenters. The van der Waals surface area contributed by atoms with Gasteiger partial charge in [0.2, 0.25) is 22.1 Å². The van der Waals surface area contributed by atoms with E-state index >= 15 is 0 Å². The number of thioether (sulfide) groups is 2. The number of aromatic nitrogens is 4. The first-order chi connectivity index (χ1) is 13.9. The molecule has 0 fully saturated rings. The van der Waals surface area contributed by atoms with Gasteiger partial charge in [-0.2, -0.15) is 0 Å². The summed E-state index contributed by atoms with van der Waals surface area (Å²) in [4.78, 5) is 24.0. The van der Waals surface area contributed by atoms with Crippen LogP contribution in [-0.4, -0.2) is 43.7 Å². The van der Waals surface area contributed by atoms with Crippen LogP contribution in [0.2, 0.25) is 10.0 Å². The van der Waals surface area contributed by atoms with Crippen molar-refractivity contribution in [1.82, 2.24) is 20.4 Å². The van der Waals surface area contributed by atoms with Gasteiger partial charge in [-0.1, -0.05) is 69.4 Å². The third kappa shape index (κ3) is 6.97. The first-order valence-corrected chi connectivity index (χ1v) is 12.0. The molecule has 0 aliphatic carbocycles. The number of carbonyl (C=O) groups is 2. The van der Waals surface area contributed by atoms with Crippen LogP contribution < -0.4 is 16.4 Å². The molecule has 0 saturated carbocycles. The van der Waals surface area contributed by atoms with Crippen molar-refractivity contribution in [3.05, 3.63) is 28.2 Å². The minimum absolute atomic E-state index is 0.122. The summed E-state index contributed by atoms with van der Waals surface area (Å²) in [6.45, 7) is 0. The lowest BCUT2D eigenvalue weighted by atomic mass is 10.3. The number of hydrogen-bond donors (Lipinski definition) is 3. The van der Waals surface area contributed by atoms with Crippen molar-refractivity contribution in [2.24, 2.45) is 0 Å². The molecule has 9 nitrogen and oxygen atoms in total. The van der Waals surface area contributed by atoms with Crippen molar-refractivity contribution in [3.63, 3.8) is 0 Å². The van der Waals surface area contributed by atoms with E-state index in [1.54, 1.807) is 18.2 Å². The molecule has 15 heteroatoms. The third-order valence-electron chi connectivity index (χ3n) is 2.93. The molecule has 3 aromatic rings. The quantitative estimate of drug-likeness (QED) is 0.307. The summed E-state index contributed by atoms with van der Waals surface area (Å²) < 4.78 is 1.16. The number of nitrogens with one attached hydrogen (secondary N) is 2. The maximum Gasteiger partial charge on any atom is 0.236 e. The van der Waals surface area contributed by atoms with E-state index < -0.39 is 0 Å². The number of nitrogens with two attached hydrogens (primary N) is 1. The fraction of sp³-hybridized carbons (Fsp3) is 0.143. The molecular formula is C14H11Cl2N7O2S4. The van der Waals surface area contributed by atoms with Crippen molar-refractivity contribution in [2.45, 2.75) is 8.68 Å². The van der Waals surface area contributed by atoms with E-state index in [0.29, 0.717) is 34.7 Å². The van der Waals surface area contributed by atoms with E-state index in [-0.39, 0.29) is 23.3 Å². The summed E-state index contributed by atoms with van der Waals surface area (Å²) in [6.07, 6.45) is 0. The first-order valence-electron chi connectivity index (χ1n) is 7.62. The van der Waals surface area contributed by atoms with Crippen LogP contribution in [0.25, 0.3) is 0 Å². The molecule has 0 unspecified atom stereocenters. The summed E-state index contributed by atoms with van der Waals surface area (Å²) in [6, 6.07) is 4.83. The Kier molecular flexibility index (Phi) is 7.91. The van der Waals surface area contributed by atoms with E-state index in [2.05, 4.69) is 31.0 Å². The molecule has 29 heavy (non-hydrogen) atoms. The summed E-state index contributed by atoms with van der Waals surface area (Å²) in [5, 5.41) is 22.2. The number of benzene rings is 1. The maximum absolute atomic E-state index is 12.0. The molecule has 0 saturated heterocycles. The Morgan fingerprint density at radius 2 is 1.59 bits per heavy atom. The second kappa shape index (κ2) is 10.4. The first kappa shape index (κ1) is 22.1. The predicted octanol–water partition coefficient (Wildman–Crippen LogP) is 3.74. The number of halogens is 2. The minimum atomic E-state index is -0.256. The highest BCUT2D eigenvalue weighted by Gasteiger charge is 2.12. The summed E-state index contributed by atoms with van der Waals surface area (Å²) in [5.41, 5.74) is 6.04. The highest BCUT2D eigenvalue weighted by Crippen LogP contribution is 2.28. The lowest BCUT2D eigenvalue weighted by Crippen LogP contribution is -2.13. The number of anilines is 3. The SMILES string of the molecule is Nc1nnc(SCC(=O)Nc2nnc(SCC(=O)Nc3ccc(Cl)c(Cl)c3)s2)s1. The number of nitrogens with zero attached hydrogens (tertiary/aromatic N) is 4. The van der Waals surface area contributed by atoms with E-state index in [1.165, 1.54) is 46.2 Å². The van der Waals surface area contributed by atoms with Gasteiger partial charge >= 0.3 is 0 Å². The largest absolute Gasteiger partial charge is 0.374 e. The normalized spacial score (nSPS) is 10.7. The van der Waals surface area contributed by atoms with E-state index in [1.807, 2.05) is 0 Å². The van der Waals surface area contributed by atoms with Crippen molar-refractivity contribution in [3.8, 4) is 0 Å². The van der Waals surface area contributed by atoms with Gasteiger partial charge in [0.25, 0.3) is 0 Å². The molecule has 2 heterocycles. The van der Waals surface area contributed by atoms with Gasteiger partial charge in [0.1, 0.15) is 0 Å². The van der Waals surface area contributed by atoms with Crippen molar-refractivity contribution in [2.75, 3.05) is 27.9 Å². The Bertz CT molecular complexity index is 1030. The van der Waals surface area contributed by atoms with E-state index in [4.69, 9.17) is 28.9 Å². The molecule has 3 rings (SSSR count). The molecule has 0 aliphatic heterocycles. The van der Waals surface area contributed by atoms with Crippen molar-refractivity contribution < 1.29 is 9.59 Å². The van der Waals surface area contributed by atoms with Gasteiger partial charge in [-0.3, -0.25) is 14.9 Å². The molecule has 0 bridgehead atoms. The second-order valence-electron chi connectivity index (χ2n) is 5.08. The van der Waals surface area contributed by atoms with Crippen LogP contribution in [0, 0.1) is 0 Å². The maximum atomic E-state index is 12.0. The Hall–Kier alpha value is -1.64. The zero-order chi connectivity index (χ0) is 20.8. The molecule has 152 valence electrons. The lowest BCUT2D eigenvalue weighted by Gasteiger charge is -2.05. The number of nitrogen functional groups attached to an aromatic ring is 1. The van der Waals surface area contributed by atoms with Crippen LogP contribution in [0.1, 0.15) is 0 Å². The number of rotatable bonds is 8. The van der Waals surface area contributed by atoms with Crippen LogP contribution >= 0.6 is 69.4 Å². The van der Waals surface area contributed by atoms with Gasteiger partial charge in [0.15, 0.2) is 8.68 Å². The monoisotopic (exact) mass is 507 g/mol. The van der Waals surface area contributed by atoms with Gasteiger partial charge in [-0.05, 0) is 18.2 Å². The zero-order valence-electron chi connectivity index (χ0n) is 14.2. The van der Waals surface area contributed by atoms with Gasteiger partial charge in [0.05, 0.1) is 21.6 Å². The Labute approximate surface area is 191 Å². The molecule has 0 spiro atoms.